The van der Waals surface area contributed by atoms with Gasteiger partial charge in [-0.2, -0.15) is 0 Å². The molecular weight excluding hydrogens is 376 g/mol. The summed E-state index contributed by atoms with van der Waals surface area (Å²) in [5, 5.41) is 0. The Morgan fingerprint density at radius 2 is 2.00 bits per heavy atom. The van der Waals surface area contributed by atoms with Gasteiger partial charge in [-0.25, -0.2) is 4.98 Å². The minimum Gasteiger partial charge on any atom is -0.384 e. The molecule has 3 aromatic rings. The number of amides is 1. The topological polar surface area (TPSA) is 50.1 Å². The Hall–Kier alpha value is -2.70. The van der Waals surface area contributed by atoms with Crippen molar-refractivity contribution >= 4 is 11.6 Å². The number of aromatic nitrogens is 2. The average Bonchev–Trinajstić information content (AvgIpc) is 3.13. The van der Waals surface area contributed by atoms with E-state index in [0.29, 0.717) is 24.7 Å². The normalized spacial score (nSPS) is 17.3. The van der Waals surface area contributed by atoms with Gasteiger partial charge < -0.3 is 14.0 Å². The highest BCUT2D eigenvalue weighted by molar-refractivity contribution is 5.94. The number of benzene rings is 1. The summed E-state index contributed by atoms with van der Waals surface area (Å²) >= 11 is 0. The molecule has 0 N–H and O–H groups in total. The van der Waals surface area contributed by atoms with Crippen molar-refractivity contribution in [3.8, 4) is 0 Å². The molecular formula is C24H30N4O2. The SMILES string of the molecule is COC[C@@H]1CCCN(Cc2c(C(=O)N(C)Cc3ccccc3)nc3ccccn23)C1. The minimum absolute atomic E-state index is 0.0389. The van der Waals surface area contributed by atoms with Gasteiger partial charge in [-0.15, -0.1) is 0 Å². The molecule has 3 heterocycles. The summed E-state index contributed by atoms with van der Waals surface area (Å²) in [4.78, 5) is 22.3. The van der Waals surface area contributed by atoms with Crippen LogP contribution in [0.1, 0.15) is 34.6 Å². The molecule has 6 nitrogen and oxygen atoms in total. The summed E-state index contributed by atoms with van der Waals surface area (Å²) in [6, 6.07) is 16.0. The van der Waals surface area contributed by atoms with E-state index in [0.717, 1.165) is 43.0 Å². The Kier molecular flexibility index (Phi) is 6.45. The van der Waals surface area contributed by atoms with Crippen molar-refractivity contribution < 1.29 is 9.53 Å². The Morgan fingerprint density at radius 3 is 2.80 bits per heavy atom. The lowest BCUT2D eigenvalue weighted by Gasteiger charge is -2.32. The molecule has 1 fully saturated rings. The zero-order valence-electron chi connectivity index (χ0n) is 17.8. The van der Waals surface area contributed by atoms with E-state index in [9.17, 15) is 4.79 Å². The van der Waals surface area contributed by atoms with Crippen LogP contribution in [-0.4, -0.2) is 58.9 Å². The molecule has 30 heavy (non-hydrogen) atoms. The monoisotopic (exact) mass is 406 g/mol. The fraction of sp³-hybridized carbons (Fsp3) is 0.417. The maximum atomic E-state index is 13.4. The summed E-state index contributed by atoms with van der Waals surface area (Å²) in [5.41, 5.74) is 3.44. The van der Waals surface area contributed by atoms with E-state index >= 15 is 0 Å². The van der Waals surface area contributed by atoms with Crippen molar-refractivity contribution in [1.29, 1.82) is 0 Å². The number of carbonyl (C=O) groups is 1. The summed E-state index contributed by atoms with van der Waals surface area (Å²) in [5.74, 6) is 0.505. The van der Waals surface area contributed by atoms with Crippen LogP contribution >= 0.6 is 0 Å². The third-order valence-corrected chi connectivity index (χ3v) is 5.82. The van der Waals surface area contributed by atoms with Crippen LogP contribution in [0.25, 0.3) is 5.65 Å². The van der Waals surface area contributed by atoms with E-state index in [1.165, 1.54) is 6.42 Å². The molecule has 4 rings (SSSR count). The Bertz CT molecular complexity index is 983. The number of pyridine rings is 1. The number of ether oxygens (including phenoxy) is 1. The zero-order chi connectivity index (χ0) is 20.9. The quantitative estimate of drug-likeness (QED) is 0.603. The average molecular weight is 407 g/mol. The van der Waals surface area contributed by atoms with Gasteiger partial charge in [-0.3, -0.25) is 9.69 Å². The standard InChI is InChI=1S/C24H30N4O2/c1-26(15-19-9-4-3-5-10-19)24(29)23-21(28-14-7-6-12-22(28)25-23)17-27-13-8-11-20(16-27)18-30-2/h3-7,9-10,12,14,20H,8,11,13,15-18H2,1-2H3/t20-/m1/s1. The first-order valence-electron chi connectivity index (χ1n) is 10.6. The maximum Gasteiger partial charge on any atom is 0.274 e. The van der Waals surface area contributed by atoms with Gasteiger partial charge >= 0.3 is 0 Å². The number of fused-ring (bicyclic) bond motifs is 1. The molecule has 0 saturated carbocycles. The molecule has 2 aromatic heterocycles. The van der Waals surface area contributed by atoms with Crippen LogP contribution < -0.4 is 0 Å². The second-order valence-electron chi connectivity index (χ2n) is 8.18. The van der Waals surface area contributed by atoms with E-state index < -0.39 is 0 Å². The molecule has 0 spiro atoms. The molecule has 0 aliphatic carbocycles. The first kappa shape index (κ1) is 20.6. The van der Waals surface area contributed by atoms with Crippen molar-refractivity contribution in [2.24, 2.45) is 5.92 Å². The van der Waals surface area contributed by atoms with Gasteiger partial charge in [0.25, 0.3) is 5.91 Å². The molecule has 0 bridgehead atoms. The first-order chi connectivity index (χ1) is 14.7. The first-order valence-corrected chi connectivity index (χ1v) is 10.6. The Labute approximate surface area is 178 Å². The van der Waals surface area contributed by atoms with Crippen LogP contribution in [0.5, 0.6) is 0 Å². The number of hydrogen-bond donors (Lipinski definition) is 0. The van der Waals surface area contributed by atoms with Gasteiger partial charge in [0.15, 0.2) is 5.69 Å². The van der Waals surface area contributed by atoms with E-state index in [4.69, 9.17) is 9.72 Å². The van der Waals surface area contributed by atoms with E-state index in [2.05, 4.69) is 9.30 Å². The molecule has 0 radical (unpaired) electrons. The van der Waals surface area contributed by atoms with Gasteiger partial charge in [0.2, 0.25) is 0 Å². The number of methoxy groups -OCH3 is 1. The number of carbonyl (C=O) groups excluding carboxylic acids is 1. The molecule has 0 unspecified atom stereocenters. The Morgan fingerprint density at radius 1 is 1.20 bits per heavy atom. The van der Waals surface area contributed by atoms with E-state index in [1.807, 2.05) is 61.8 Å². The van der Waals surface area contributed by atoms with Crippen molar-refractivity contribution in [2.75, 3.05) is 33.9 Å². The predicted octanol–water partition coefficient (Wildman–Crippen LogP) is 3.46. The highest BCUT2D eigenvalue weighted by Gasteiger charge is 2.26. The van der Waals surface area contributed by atoms with Crippen LogP contribution in [0.15, 0.2) is 54.7 Å². The number of nitrogens with zero attached hydrogens (tertiary/aromatic N) is 4. The molecule has 1 amide bonds. The lowest BCUT2D eigenvalue weighted by Crippen LogP contribution is -2.37. The molecule has 1 aromatic carbocycles. The second kappa shape index (κ2) is 9.41. The van der Waals surface area contributed by atoms with Gasteiger partial charge in [0.1, 0.15) is 5.65 Å². The van der Waals surface area contributed by atoms with E-state index in [-0.39, 0.29) is 5.91 Å². The molecule has 1 aliphatic heterocycles. The van der Waals surface area contributed by atoms with Gasteiger partial charge in [-0.05, 0) is 43.0 Å². The van der Waals surface area contributed by atoms with Crippen LogP contribution in [0.3, 0.4) is 0 Å². The fourth-order valence-corrected chi connectivity index (χ4v) is 4.36. The van der Waals surface area contributed by atoms with Crippen molar-refractivity contribution in [1.82, 2.24) is 19.2 Å². The predicted molar refractivity (Wildman–Crippen MR) is 117 cm³/mol. The third kappa shape index (κ3) is 4.55. The highest BCUT2D eigenvalue weighted by atomic mass is 16.5. The number of likely N-dealkylation sites (tertiary alicyclic amines) is 1. The maximum absolute atomic E-state index is 13.4. The number of hydrogen-bond acceptors (Lipinski definition) is 4. The number of piperidine rings is 1. The second-order valence-corrected chi connectivity index (χ2v) is 8.18. The largest absolute Gasteiger partial charge is 0.384 e. The summed E-state index contributed by atoms with van der Waals surface area (Å²) < 4.78 is 7.44. The Balaban J connectivity index is 1.59. The third-order valence-electron chi connectivity index (χ3n) is 5.82. The summed E-state index contributed by atoms with van der Waals surface area (Å²) in [6.07, 6.45) is 4.35. The molecule has 1 atom stereocenters. The number of rotatable bonds is 7. The van der Waals surface area contributed by atoms with Crippen molar-refractivity contribution in [3.63, 3.8) is 0 Å². The lowest BCUT2D eigenvalue weighted by atomic mass is 9.99. The minimum atomic E-state index is -0.0389. The lowest BCUT2D eigenvalue weighted by molar-refractivity contribution is 0.0767. The van der Waals surface area contributed by atoms with Gasteiger partial charge in [0, 0.05) is 40.0 Å². The van der Waals surface area contributed by atoms with E-state index in [1.54, 1.807) is 12.0 Å². The van der Waals surface area contributed by atoms with Gasteiger partial charge in [-0.1, -0.05) is 36.4 Å². The van der Waals surface area contributed by atoms with Crippen LogP contribution in [-0.2, 0) is 17.8 Å². The molecule has 1 saturated heterocycles. The summed E-state index contributed by atoms with van der Waals surface area (Å²) in [7, 11) is 3.61. The molecule has 158 valence electrons. The van der Waals surface area contributed by atoms with Crippen molar-refractivity contribution in [3.05, 3.63) is 71.7 Å². The highest BCUT2D eigenvalue weighted by Crippen LogP contribution is 2.22. The fourth-order valence-electron chi connectivity index (χ4n) is 4.36. The molecule has 6 heteroatoms. The van der Waals surface area contributed by atoms with Crippen LogP contribution in [0.4, 0.5) is 0 Å². The zero-order valence-corrected chi connectivity index (χ0v) is 17.8. The molecule has 1 aliphatic rings. The van der Waals surface area contributed by atoms with Crippen LogP contribution in [0.2, 0.25) is 0 Å². The number of imidazole rings is 1. The van der Waals surface area contributed by atoms with Gasteiger partial charge in [0.05, 0.1) is 12.3 Å². The summed E-state index contributed by atoms with van der Waals surface area (Å²) in [6.45, 7) is 4.09. The van der Waals surface area contributed by atoms with Crippen molar-refractivity contribution in [2.45, 2.75) is 25.9 Å². The van der Waals surface area contributed by atoms with Crippen LogP contribution in [0, 0.1) is 5.92 Å². The smallest absolute Gasteiger partial charge is 0.274 e.